The van der Waals surface area contributed by atoms with E-state index in [2.05, 4.69) is 0 Å². The minimum absolute atomic E-state index is 0.160. The summed E-state index contributed by atoms with van der Waals surface area (Å²) in [6.07, 6.45) is 2.44. The summed E-state index contributed by atoms with van der Waals surface area (Å²) in [5.74, 6) is 0.160. The maximum atomic E-state index is 10.8. The van der Waals surface area contributed by atoms with Crippen LogP contribution < -0.4 is 0 Å². The molecule has 1 aromatic carbocycles. The molecule has 0 aliphatic heterocycles. The van der Waals surface area contributed by atoms with Crippen LogP contribution in [0.2, 0.25) is 5.02 Å². The summed E-state index contributed by atoms with van der Waals surface area (Å²) in [5.41, 5.74) is 0.982. The summed E-state index contributed by atoms with van der Waals surface area (Å²) in [4.78, 5) is 11.9. The molecule has 1 aromatic rings. The lowest BCUT2D eigenvalue weighted by atomic mass is 10.1. The monoisotopic (exact) mass is 214 g/mol. The van der Waals surface area contributed by atoms with Gasteiger partial charge in [-0.25, -0.2) is 0 Å². The van der Waals surface area contributed by atoms with E-state index in [1.54, 1.807) is 18.7 Å². The van der Waals surface area contributed by atoms with Gasteiger partial charge in [-0.1, -0.05) is 17.7 Å². The molecule has 0 bridgehead atoms. The first-order valence-corrected chi connectivity index (χ1v) is 5.55. The zero-order valence-corrected chi connectivity index (χ0v) is 9.21. The van der Waals surface area contributed by atoms with Crippen molar-refractivity contribution in [3.05, 3.63) is 28.8 Å². The van der Waals surface area contributed by atoms with Crippen LogP contribution >= 0.6 is 23.4 Å². The Balaban J connectivity index is 2.89. The van der Waals surface area contributed by atoms with Gasteiger partial charge in [-0.2, -0.15) is 0 Å². The molecule has 0 aromatic heterocycles. The highest BCUT2D eigenvalue weighted by Crippen LogP contribution is 2.26. The molecule has 0 saturated carbocycles. The lowest BCUT2D eigenvalue weighted by molar-refractivity contribution is -0.116. The summed E-state index contributed by atoms with van der Waals surface area (Å²) in [7, 11) is 0. The molecule has 1 rings (SSSR count). The van der Waals surface area contributed by atoms with E-state index in [-0.39, 0.29) is 5.78 Å². The molecule has 0 N–H and O–H groups in total. The molecule has 0 aliphatic carbocycles. The van der Waals surface area contributed by atoms with Crippen molar-refractivity contribution in [3.8, 4) is 0 Å². The Morgan fingerprint density at radius 1 is 1.54 bits per heavy atom. The van der Waals surface area contributed by atoms with Gasteiger partial charge in [0, 0.05) is 11.3 Å². The second kappa shape index (κ2) is 4.68. The largest absolute Gasteiger partial charge is 0.300 e. The standard InChI is InChI=1S/C10H11ClOS/c1-7(12)5-8-3-4-10(13-2)9(11)6-8/h3-4,6H,5H2,1-2H3. The Morgan fingerprint density at radius 3 is 2.69 bits per heavy atom. The van der Waals surface area contributed by atoms with E-state index < -0.39 is 0 Å². The van der Waals surface area contributed by atoms with E-state index in [9.17, 15) is 4.79 Å². The Labute approximate surface area is 87.5 Å². The van der Waals surface area contributed by atoms with Crippen molar-refractivity contribution in [3.63, 3.8) is 0 Å². The average Bonchev–Trinajstić information content (AvgIpc) is 2.03. The quantitative estimate of drug-likeness (QED) is 0.719. The van der Waals surface area contributed by atoms with Crippen molar-refractivity contribution < 1.29 is 4.79 Å². The van der Waals surface area contributed by atoms with Gasteiger partial charge >= 0.3 is 0 Å². The molecule has 1 nitrogen and oxygen atoms in total. The second-order valence-corrected chi connectivity index (χ2v) is 4.10. The van der Waals surface area contributed by atoms with Crippen LogP contribution in [0.5, 0.6) is 0 Å². The number of rotatable bonds is 3. The van der Waals surface area contributed by atoms with Crippen LogP contribution in [-0.2, 0) is 11.2 Å². The number of carbonyl (C=O) groups is 1. The van der Waals surface area contributed by atoms with Crippen LogP contribution in [0.15, 0.2) is 23.1 Å². The van der Waals surface area contributed by atoms with Crippen molar-refractivity contribution in [2.24, 2.45) is 0 Å². The molecule has 3 heteroatoms. The molecule has 0 aliphatic rings. The van der Waals surface area contributed by atoms with E-state index in [4.69, 9.17) is 11.6 Å². The smallest absolute Gasteiger partial charge is 0.134 e. The van der Waals surface area contributed by atoms with Crippen molar-refractivity contribution >= 4 is 29.1 Å². The third-order valence-electron chi connectivity index (χ3n) is 1.67. The van der Waals surface area contributed by atoms with Crippen molar-refractivity contribution in [2.75, 3.05) is 6.26 Å². The highest BCUT2D eigenvalue weighted by atomic mass is 35.5. The maximum absolute atomic E-state index is 10.8. The van der Waals surface area contributed by atoms with Gasteiger partial charge in [0.1, 0.15) is 5.78 Å². The first-order valence-electron chi connectivity index (χ1n) is 3.95. The summed E-state index contributed by atoms with van der Waals surface area (Å²) in [6.45, 7) is 1.58. The molecule has 0 unspecified atom stereocenters. The summed E-state index contributed by atoms with van der Waals surface area (Å²) >= 11 is 7.59. The third kappa shape index (κ3) is 3.05. The first kappa shape index (κ1) is 10.6. The molecule has 0 amide bonds. The van der Waals surface area contributed by atoms with Crippen molar-refractivity contribution in [1.82, 2.24) is 0 Å². The van der Waals surface area contributed by atoms with E-state index >= 15 is 0 Å². The summed E-state index contributed by atoms with van der Waals surface area (Å²) < 4.78 is 0. The highest BCUT2D eigenvalue weighted by Gasteiger charge is 2.02. The van der Waals surface area contributed by atoms with E-state index in [1.165, 1.54) is 0 Å². The normalized spacial score (nSPS) is 10.1. The topological polar surface area (TPSA) is 17.1 Å². The van der Waals surface area contributed by atoms with Crippen LogP contribution in [0.4, 0.5) is 0 Å². The van der Waals surface area contributed by atoms with Crippen LogP contribution in [-0.4, -0.2) is 12.0 Å². The van der Waals surface area contributed by atoms with Gasteiger partial charge in [-0.05, 0) is 30.9 Å². The Bertz CT molecular complexity index is 323. The van der Waals surface area contributed by atoms with E-state index in [0.717, 1.165) is 15.5 Å². The van der Waals surface area contributed by atoms with Crippen LogP contribution in [0.3, 0.4) is 0 Å². The van der Waals surface area contributed by atoms with Gasteiger partial charge < -0.3 is 0 Å². The molecule has 13 heavy (non-hydrogen) atoms. The van der Waals surface area contributed by atoms with Crippen LogP contribution in [0.1, 0.15) is 12.5 Å². The highest BCUT2D eigenvalue weighted by molar-refractivity contribution is 7.98. The zero-order valence-electron chi connectivity index (χ0n) is 7.63. The number of hydrogen-bond donors (Lipinski definition) is 0. The molecular weight excluding hydrogens is 204 g/mol. The Morgan fingerprint density at radius 2 is 2.23 bits per heavy atom. The maximum Gasteiger partial charge on any atom is 0.134 e. The van der Waals surface area contributed by atoms with E-state index in [1.807, 2.05) is 24.5 Å². The predicted molar refractivity (Wildman–Crippen MR) is 57.6 cm³/mol. The second-order valence-electron chi connectivity index (χ2n) is 2.85. The minimum Gasteiger partial charge on any atom is -0.300 e. The third-order valence-corrected chi connectivity index (χ3v) is 2.89. The number of halogens is 1. The van der Waals surface area contributed by atoms with Crippen LogP contribution in [0.25, 0.3) is 0 Å². The van der Waals surface area contributed by atoms with Gasteiger partial charge in [-0.15, -0.1) is 11.8 Å². The Kier molecular flexibility index (Phi) is 3.82. The predicted octanol–water partition coefficient (Wildman–Crippen LogP) is 3.19. The molecule has 0 atom stereocenters. The molecule has 0 spiro atoms. The first-order chi connectivity index (χ1) is 6.13. The van der Waals surface area contributed by atoms with Gasteiger partial charge in [-0.3, -0.25) is 4.79 Å². The minimum atomic E-state index is 0.160. The molecule has 0 saturated heterocycles. The number of hydrogen-bond acceptors (Lipinski definition) is 2. The van der Waals surface area contributed by atoms with Crippen LogP contribution in [0, 0.1) is 0 Å². The fourth-order valence-electron chi connectivity index (χ4n) is 1.11. The molecule has 0 radical (unpaired) electrons. The number of carbonyl (C=O) groups excluding carboxylic acids is 1. The SMILES string of the molecule is CSc1ccc(CC(C)=O)cc1Cl. The molecule has 0 fully saturated rings. The van der Waals surface area contributed by atoms with Gasteiger partial charge in [0.05, 0.1) is 5.02 Å². The van der Waals surface area contributed by atoms with Crippen molar-refractivity contribution in [2.45, 2.75) is 18.2 Å². The lowest BCUT2D eigenvalue weighted by Crippen LogP contribution is -1.95. The zero-order chi connectivity index (χ0) is 9.84. The fourth-order valence-corrected chi connectivity index (χ4v) is 2.00. The summed E-state index contributed by atoms with van der Waals surface area (Å²) in [5, 5.41) is 0.728. The molecule has 0 heterocycles. The number of Topliss-reactive ketones (excluding diaryl/α,β-unsaturated/α-hetero) is 1. The van der Waals surface area contributed by atoms with Gasteiger partial charge in [0.25, 0.3) is 0 Å². The number of ketones is 1. The van der Waals surface area contributed by atoms with E-state index in [0.29, 0.717) is 6.42 Å². The number of thioether (sulfide) groups is 1. The number of benzene rings is 1. The van der Waals surface area contributed by atoms with Gasteiger partial charge in [0.2, 0.25) is 0 Å². The lowest BCUT2D eigenvalue weighted by Gasteiger charge is -2.02. The molecular formula is C10H11ClOS. The molecule has 70 valence electrons. The Hall–Kier alpha value is -0.470. The van der Waals surface area contributed by atoms with Crippen molar-refractivity contribution in [1.29, 1.82) is 0 Å². The summed E-state index contributed by atoms with van der Waals surface area (Å²) in [6, 6.07) is 5.75. The average molecular weight is 215 g/mol. The van der Waals surface area contributed by atoms with Gasteiger partial charge in [0.15, 0.2) is 0 Å². The fraction of sp³-hybridized carbons (Fsp3) is 0.300.